The lowest BCUT2D eigenvalue weighted by Gasteiger charge is -2.39. The van der Waals surface area contributed by atoms with E-state index < -0.39 is 0 Å². The molecule has 2 saturated heterocycles. The first-order valence-electron chi connectivity index (χ1n) is 9.46. The summed E-state index contributed by atoms with van der Waals surface area (Å²) in [5, 5.41) is 5.42. The van der Waals surface area contributed by atoms with Crippen molar-refractivity contribution < 1.29 is 14.3 Å². The van der Waals surface area contributed by atoms with E-state index in [0.29, 0.717) is 18.2 Å². The average molecular weight is 357 g/mol. The van der Waals surface area contributed by atoms with Gasteiger partial charge in [0.15, 0.2) is 5.69 Å². The Morgan fingerprint density at radius 2 is 2.27 bits per heavy atom. The van der Waals surface area contributed by atoms with Crippen LogP contribution in [-0.4, -0.2) is 59.6 Å². The van der Waals surface area contributed by atoms with E-state index in [2.05, 4.69) is 5.10 Å². The molecule has 26 heavy (non-hydrogen) atoms. The number of para-hydroxylation sites is 1. The van der Waals surface area contributed by atoms with E-state index in [1.54, 1.807) is 11.8 Å². The van der Waals surface area contributed by atoms with E-state index in [-0.39, 0.29) is 11.5 Å². The Hall–Kier alpha value is -1.92. The molecule has 6 nitrogen and oxygen atoms in total. The maximum atomic E-state index is 13.2. The summed E-state index contributed by atoms with van der Waals surface area (Å²) >= 11 is 0. The number of hydrogen-bond acceptors (Lipinski definition) is 4. The van der Waals surface area contributed by atoms with Gasteiger partial charge in [-0.3, -0.25) is 9.48 Å². The topological polar surface area (TPSA) is 56.6 Å². The summed E-state index contributed by atoms with van der Waals surface area (Å²) in [6.45, 7) is 2.99. The van der Waals surface area contributed by atoms with Crippen molar-refractivity contribution in [2.24, 2.45) is 13.0 Å². The maximum absolute atomic E-state index is 13.2. The fourth-order valence-corrected chi connectivity index (χ4v) is 4.49. The summed E-state index contributed by atoms with van der Waals surface area (Å²) in [5.41, 5.74) is 1.35. The van der Waals surface area contributed by atoms with Crippen molar-refractivity contribution in [1.82, 2.24) is 14.7 Å². The number of benzene rings is 1. The second-order valence-electron chi connectivity index (χ2n) is 7.67. The minimum Gasteiger partial charge on any atom is -0.385 e. The first-order valence-corrected chi connectivity index (χ1v) is 9.46. The van der Waals surface area contributed by atoms with Gasteiger partial charge in [-0.2, -0.15) is 5.10 Å². The van der Waals surface area contributed by atoms with Crippen LogP contribution < -0.4 is 0 Å². The molecule has 1 aromatic heterocycles. The van der Waals surface area contributed by atoms with Crippen LogP contribution in [0.2, 0.25) is 0 Å². The van der Waals surface area contributed by atoms with Crippen LogP contribution in [0.25, 0.3) is 10.9 Å². The normalized spacial score (nSPS) is 26.1. The molecule has 140 valence electrons. The molecular weight excluding hydrogens is 330 g/mol. The van der Waals surface area contributed by atoms with Crippen molar-refractivity contribution in [2.75, 3.05) is 33.4 Å². The second kappa shape index (κ2) is 7.00. The molecule has 0 bridgehead atoms. The smallest absolute Gasteiger partial charge is 0.275 e. The molecule has 2 aromatic rings. The van der Waals surface area contributed by atoms with Gasteiger partial charge in [-0.05, 0) is 37.7 Å². The largest absolute Gasteiger partial charge is 0.385 e. The number of aromatic nitrogens is 2. The molecule has 2 atom stereocenters. The van der Waals surface area contributed by atoms with Crippen LogP contribution >= 0.6 is 0 Å². The molecule has 0 unspecified atom stereocenters. The van der Waals surface area contributed by atoms with E-state index in [9.17, 15) is 4.79 Å². The third kappa shape index (κ3) is 3.12. The number of aryl methyl sites for hydroxylation is 1. The molecule has 2 aliphatic rings. The fraction of sp³-hybridized carbons (Fsp3) is 0.600. The standard InChI is InChI=1S/C20H27N3O3/c1-22-17-7-4-3-6-16(17)18(21-22)19(24)23-10-5-9-20(14-23)12-15(13-26-20)8-11-25-2/h3-4,6-7,15H,5,8-14H2,1-2H3/t15-,20-/m0/s1. The summed E-state index contributed by atoms with van der Waals surface area (Å²) < 4.78 is 13.2. The number of piperidine rings is 1. The van der Waals surface area contributed by atoms with Crippen molar-refractivity contribution in [3.8, 4) is 0 Å². The van der Waals surface area contributed by atoms with Gasteiger partial charge in [0.2, 0.25) is 0 Å². The van der Waals surface area contributed by atoms with E-state index >= 15 is 0 Å². The Kier molecular flexibility index (Phi) is 4.71. The van der Waals surface area contributed by atoms with Crippen molar-refractivity contribution in [2.45, 2.75) is 31.3 Å². The van der Waals surface area contributed by atoms with Crippen LogP contribution in [0.1, 0.15) is 36.2 Å². The minimum atomic E-state index is -0.184. The number of ether oxygens (including phenoxy) is 2. The number of hydrogen-bond donors (Lipinski definition) is 0. The lowest BCUT2D eigenvalue weighted by atomic mass is 9.85. The summed E-state index contributed by atoms with van der Waals surface area (Å²) in [7, 11) is 3.63. The Balaban J connectivity index is 1.52. The quantitative estimate of drug-likeness (QED) is 0.844. The van der Waals surface area contributed by atoms with Crippen molar-refractivity contribution >= 4 is 16.8 Å². The molecule has 1 aromatic carbocycles. The number of carbonyl (C=O) groups is 1. The lowest BCUT2D eigenvalue weighted by molar-refractivity contribution is -0.0451. The number of methoxy groups -OCH3 is 1. The molecule has 0 aliphatic carbocycles. The molecule has 0 radical (unpaired) electrons. The van der Waals surface area contributed by atoms with Crippen molar-refractivity contribution in [3.63, 3.8) is 0 Å². The molecule has 0 saturated carbocycles. The molecule has 2 fully saturated rings. The second-order valence-corrected chi connectivity index (χ2v) is 7.67. The summed E-state index contributed by atoms with van der Waals surface area (Å²) in [5.74, 6) is 0.547. The van der Waals surface area contributed by atoms with E-state index in [0.717, 1.165) is 56.3 Å². The first kappa shape index (κ1) is 17.5. The van der Waals surface area contributed by atoms with Gasteiger partial charge in [0, 0.05) is 32.7 Å². The highest BCUT2D eigenvalue weighted by atomic mass is 16.5. The van der Waals surface area contributed by atoms with Crippen molar-refractivity contribution in [1.29, 1.82) is 0 Å². The average Bonchev–Trinajstić information content (AvgIpc) is 3.21. The predicted octanol–water partition coefficient (Wildman–Crippen LogP) is 2.62. The molecule has 1 spiro atoms. The van der Waals surface area contributed by atoms with E-state index in [4.69, 9.17) is 9.47 Å². The van der Waals surface area contributed by atoms with Crippen LogP contribution in [0.15, 0.2) is 24.3 Å². The number of fused-ring (bicyclic) bond motifs is 1. The highest BCUT2D eigenvalue weighted by Crippen LogP contribution is 2.39. The van der Waals surface area contributed by atoms with E-state index in [1.807, 2.05) is 36.2 Å². The number of nitrogens with zero attached hydrogens (tertiary/aromatic N) is 3. The zero-order valence-electron chi connectivity index (χ0n) is 15.6. The summed E-state index contributed by atoms with van der Waals surface area (Å²) in [4.78, 5) is 15.1. The third-order valence-corrected chi connectivity index (χ3v) is 5.80. The van der Waals surface area contributed by atoms with Gasteiger partial charge in [-0.25, -0.2) is 0 Å². The Bertz CT molecular complexity index is 803. The maximum Gasteiger partial charge on any atom is 0.275 e. The molecule has 4 rings (SSSR count). The molecule has 2 aliphatic heterocycles. The van der Waals surface area contributed by atoms with Crippen LogP contribution in [0.5, 0.6) is 0 Å². The number of likely N-dealkylation sites (tertiary alicyclic amines) is 1. The molecule has 3 heterocycles. The van der Waals surface area contributed by atoms with Crippen LogP contribution in [0, 0.1) is 5.92 Å². The van der Waals surface area contributed by atoms with Crippen LogP contribution in [0.3, 0.4) is 0 Å². The zero-order chi connectivity index (χ0) is 18.1. The highest BCUT2D eigenvalue weighted by Gasteiger charge is 2.44. The summed E-state index contributed by atoms with van der Waals surface area (Å²) in [6, 6.07) is 7.90. The van der Waals surface area contributed by atoms with Gasteiger partial charge < -0.3 is 14.4 Å². The third-order valence-electron chi connectivity index (χ3n) is 5.80. The number of carbonyl (C=O) groups excluding carboxylic acids is 1. The summed E-state index contributed by atoms with van der Waals surface area (Å²) in [6.07, 6.45) is 4.05. The monoisotopic (exact) mass is 357 g/mol. The van der Waals surface area contributed by atoms with Gasteiger partial charge >= 0.3 is 0 Å². The molecule has 1 amide bonds. The zero-order valence-corrected chi connectivity index (χ0v) is 15.6. The molecular formula is C20H27N3O3. The van der Waals surface area contributed by atoms with Crippen LogP contribution in [-0.2, 0) is 16.5 Å². The predicted molar refractivity (Wildman–Crippen MR) is 99.1 cm³/mol. The highest BCUT2D eigenvalue weighted by molar-refractivity contribution is 6.04. The number of rotatable bonds is 4. The van der Waals surface area contributed by atoms with Gasteiger partial charge in [0.1, 0.15) is 0 Å². The Morgan fingerprint density at radius 3 is 3.12 bits per heavy atom. The van der Waals surface area contributed by atoms with Gasteiger partial charge in [0.25, 0.3) is 5.91 Å². The van der Waals surface area contributed by atoms with Crippen molar-refractivity contribution in [3.05, 3.63) is 30.0 Å². The molecule has 0 N–H and O–H groups in total. The lowest BCUT2D eigenvalue weighted by Crippen LogP contribution is -2.50. The minimum absolute atomic E-state index is 0.0183. The van der Waals surface area contributed by atoms with Crippen LogP contribution in [0.4, 0.5) is 0 Å². The SMILES string of the molecule is COCC[C@@H]1CO[C@@]2(CCCN(C(=O)c3nn(C)c4ccccc34)C2)C1. The number of amides is 1. The Labute approximate surface area is 154 Å². The Morgan fingerprint density at radius 1 is 1.42 bits per heavy atom. The van der Waals surface area contributed by atoms with Gasteiger partial charge in [-0.1, -0.05) is 18.2 Å². The first-order chi connectivity index (χ1) is 12.6. The molecule has 6 heteroatoms. The van der Waals surface area contributed by atoms with E-state index in [1.165, 1.54) is 0 Å². The fourth-order valence-electron chi connectivity index (χ4n) is 4.49. The van der Waals surface area contributed by atoms with Gasteiger partial charge in [-0.15, -0.1) is 0 Å². The van der Waals surface area contributed by atoms with Gasteiger partial charge in [0.05, 0.1) is 24.3 Å².